The van der Waals surface area contributed by atoms with Gasteiger partial charge in [0.05, 0.1) is 0 Å². The predicted molar refractivity (Wildman–Crippen MR) is 61.6 cm³/mol. The molecule has 2 rings (SSSR count). The van der Waals surface area contributed by atoms with Crippen molar-refractivity contribution < 1.29 is 0 Å². The third-order valence-electron chi connectivity index (χ3n) is 2.11. The van der Waals surface area contributed by atoms with Crippen molar-refractivity contribution in [1.82, 2.24) is 15.2 Å². The number of anilines is 1. The third-order valence-corrected chi connectivity index (χ3v) is 2.89. The monoisotopic (exact) mass is 220 g/mol. The Morgan fingerprint density at radius 1 is 1.27 bits per heavy atom. The number of nitrogen functional groups attached to an aromatic ring is 1. The molecular formula is C10H12N4S. The normalized spacial score (nSPS) is 10.9. The van der Waals surface area contributed by atoms with Crippen molar-refractivity contribution >= 4 is 16.5 Å². The van der Waals surface area contributed by atoms with E-state index in [1.807, 2.05) is 12.3 Å². The second-order valence-electron chi connectivity index (χ2n) is 3.58. The van der Waals surface area contributed by atoms with Crippen LogP contribution in [0.4, 0.5) is 5.13 Å². The van der Waals surface area contributed by atoms with Crippen molar-refractivity contribution in [1.29, 1.82) is 0 Å². The SMILES string of the molecule is CC(C)c1ccc(-c2nnc(N)s2)nc1. The molecule has 2 aromatic heterocycles. The summed E-state index contributed by atoms with van der Waals surface area (Å²) in [5, 5.41) is 8.94. The highest BCUT2D eigenvalue weighted by atomic mass is 32.1. The van der Waals surface area contributed by atoms with Crippen LogP contribution in [-0.4, -0.2) is 15.2 Å². The van der Waals surface area contributed by atoms with Crippen LogP contribution in [0, 0.1) is 0 Å². The Morgan fingerprint density at radius 2 is 2.07 bits per heavy atom. The summed E-state index contributed by atoms with van der Waals surface area (Å²) in [6.07, 6.45) is 1.87. The molecule has 5 heteroatoms. The van der Waals surface area contributed by atoms with Gasteiger partial charge < -0.3 is 5.73 Å². The molecule has 2 N–H and O–H groups in total. The molecule has 0 aliphatic heterocycles. The van der Waals surface area contributed by atoms with E-state index in [0.29, 0.717) is 11.0 Å². The van der Waals surface area contributed by atoms with Crippen LogP contribution in [0.1, 0.15) is 25.3 Å². The molecule has 0 radical (unpaired) electrons. The second-order valence-corrected chi connectivity index (χ2v) is 4.59. The van der Waals surface area contributed by atoms with E-state index in [1.54, 1.807) is 0 Å². The Bertz CT molecular complexity index is 447. The fourth-order valence-electron chi connectivity index (χ4n) is 1.21. The van der Waals surface area contributed by atoms with Crippen molar-refractivity contribution in [3.63, 3.8) is 0 Å². The molecule has 0 spiro atoms. The molecular weight excluding hydrogens is 208 g/mol. The van der Waals surface area contributed by atoms with Gasteiger partial charge in [0.15, 0.2) is 5.01 Å². The van der Waals surface area contributed by atoms with Crippen LogP contribution in [-0.2, 0) is 0 Å². The zero-order valence-electron chi connectivity index (χ0n) is 8.64. The van der Waals surface area contributed by atoms with Crippen molar-refractivity contribution in [3.05, 3.63) is 23.9 Å². The maximum Gasteiger partial charge on any atom is 0.203 e. The molecule has 0 aliphatic carbocycles. The maximum absolute atomic E-state index is 5.51. The molecule has 0 bridgehead atoms. The maximum atomic E-state index is 5.51. The molecule has 2 heterocycles. The number of hydrogen-bond acceptors (Lipinski definition) is 5. The first-order valence-electron chi connectivity index (χ1n) is 4.72. The summed E-state index contributed by atoms with van der Waals surface area (Å²) in [5.74, 6) is 0.492. The quantitative estimate of drug-likeness (QED) is 0.843. The Morgan fingerprint density at radius 3 is 2.53 bits per heavy atom. The topological polar surface area (TPSA) is 64.7 Å². The zero-order chi connectivity index (χ0) is 10.8. The van der Waals surface area contributed by atoms with Crippen molar-refractivity contribution in [3.8, 4) is 10.7 Å². The number of rotatable bonds is 2. The minimum atomic E-state index is 0.472. The van der Waals surface area contributed by atoms with Gasteiger partial charge in [-0.05, 0) is 17.5 Å². The molecule has 0 saturated heterocycles. The van der Waals surface area contributed by atoms with Gasteiger partial charge in [0.25, 0.3) is 0 Å². The van der Waals surface area contributed by atoms with Gasteiger partial charge in [0.2, 0.25) is 5.13 Å². The fourth-order valence-corrected chi connectivity index (χ4v) is 1.80. The van der Waals surface area contributed by atoms with E-state index in [0.717, 1.165) is 10.7 Å². The van der Waals surface area contributed by atoms with Crippen molar-refractivity contribution in [2.45, 2.75) is 19.8 Å². The first-order chi connectivity index (χ1) is 7.16. The fraction of sp³-hybridized carbons (Fsp3) is 0.300. The van der Waals surface area contributed by atoms with E-state index in [4.69, 9.17) is 5.73 Å². The lowest BCUT2D eigenvalue weighted by molar-refractivity contribution is 0.858. The summed E-state index contributed by atoms with van der Waals surface area (Å²) in [7, 11) is 0. The van der Waals surface area contributed by atoms with Crippen molar-refractivity contribution in [2.75, 3.05) is 5.73 Å². The van der Waals surface area contributed by atoms with Crippen LogP contribution in [0.3, 0.4) is 0 Å². The number of aromatic nitrogens is 3. The van der Waals surface area contributed by atoms with Crippen LogP contribution >= 0.6 is 11.3 Å². The lowest BCUT2D eigenvalue weighted by Gasteiger charge is -2.03. The Labute approximate surface area is 92.2 Å². The van der Waals surface area contributed by atoms with Crippen LogP contribution in [0.25, 0.3) is 10.7 Å². The average molecular weight is 220 g/mol. The van der Waals surface area contributed by atoms with Gasteiger partial charge >= 0.3 is 0 Å². The van der Waals surface area contributed by atoms with Gasteiger partial charge in [-0.1, -0.05) is 31.3 Å². The van der Waals surface area contributed by atoms with Gasteiger partial charge in [-0.15, -0.1) is 10.2 Å². The summed E-state index contributed by atoms with van der Waals surface area (Å²) in [5.41, 5.74) is 7.56. The molecule has 0 fully saturated rings. The molecule has 0 atom stereocenters. The first-order valence-corrected chi connectivity index (χ1v) is 5.54. The van der Waals surface area contributed by atoms with E-state index in [-0.39, 0.29) is 0 Å². The van der Waals surface area contributed by atoms with E-state index in [2.05, 4.69) is 35.1 Å². The Kier molecular flexibility index (Phi) is 2.64. The smallest absolute Gasteiger partial charge is 0.203 e. The van der Waals surface area contributed by atoms with E-state index < -0.39 is 0 Å². The molecule has 0 saturated carbocycles. The molecule has 2 aromatic rings. The summed E-state index contributed by atoms with van der Waals surface area (Å²) >= 11 is 1.35. The van der Waals surface area contributed by atoms with Gasteiger partial charge in [0, 0.05) is 6.20 Å². The molecule has 15 heavy (non-hydrogen) atoms. The summed E-state index contributed by atoms with van der Waals surface area (Å²) in [4.78, 5) is 4.34. The van der Waals surface area contributed by atoms with E-state index >= 15 is 0 Å². The van der Waals surface area contributed by atoms with E-state index in [9.17, 15) is 0 Å². The minimum absolute atomic E-state index is 0.472. The second kappa shape index (κ2) is 3.94. The van der Waals surface area contributed by atoms with Crippen molar-refractivity contribution in [2.24, 2.45) is 0 Å². The van der Waals surface area contributed by atoms with Crippen LogP contribution in [0.5, 0.6) is 0 Å². The van der Waals surface area contributed by atoms with Gasteiger partial charge in [-0.25, -0.2) is 0 Å². The Balaban J connectivity index is 2.31. The largest absolute Gasteiger partial charge is 0.374 e. The highest BCUT2D eigenvalue weighted by Crippen LogP contribution is 2.23. The standard InChI is InChI=1S/C10H12N4S/c1-6(2)7-3-4-8(12-5-7)9-13-14-10(11)15-9/h3-6H,1-2H3,(H2,11,14). The molecule has 0 aromatic carbocycles. The average Bonchev–Trinajstić information content (AvgIpc) is 2.65. The third kappa shape index (κ3) is 2.12. The number of pyridine rings is 1. The van der Waals surface area contributed by atoms with Crippen LogP contribution in [0.15, 0.2) is 18.3 Å². The molecule has 4 nitrogen and oxygen atoms in total. The predicted octanol–water partition coefficient (Wildman–Crippen LogP) is 2.31. The molecule has 78 valence electrons. The minimum Gasteiger partial charge on any atom is -0.374 e. The lowest BCUT2D eigenvalue weighted by atomic mass is 10.1. The first kappa shape index (κ1) is 10.0. The lowest BCUT2D eigenvalue weighted by Crippen LogP contribution is -1.90. The highest BCUT2D eigenvalue weighted by Gasteiger charge is 2.06. The van der Waals surface area contributed by atoms with E-state index in [1.165, 1.54) is 16.9 Å². The summed E-state index contributed by atoms with van der Waals surface area (Å²) < 4.78 is 0. The van der Waals surface area contributed by atoms with Gasteiger partial charge in [-0.2, -0.15) is 0 Å². The summed E-state index contributed by atoms with van der Waals surface area (Å²) in [6, 6.07) is 4.01. The molecule has 0 amide bonds. The zero-order valence-corrected chi connectivity index (χ0v) is 9.45. The number of nitrogens with two attached hydrogens (primary N) is 1. The molecule has 0 unspecified atom stereocenters. The Hall–Kier alpha value is -1.49. The number of hydrogen-bond donors (Lipinski definition) is 1. The highest BCUT2D eigenvalue weighted by molar-refractivity contribution is 7.18. The van der Waals surface area contributed by atoms with Crippen LogP contribution in [0.2, 0.25) is 0 Å². The van der Waals surface area contributed by atoms with Gasteiger partial charge in [0.1, 0.15) is 5.69 Å². The van der Waals surface area contributed by atoms with Gasteiger partial charge in [-0.3, -0.25) is 4.98 Å². The number of nitrogens with zero attached hydrogens (tertiary/aromatic N) is 3. The van der Waals surface area contributed by atoms with Crippen LogP contribution < -0.4 is 5.73 Å². The summed E-state index contributed by atoms with van der Waals surface area (Å²) in [6.45, 7) is 4.28. The molecule has 0 aliphatic rings.